The third kappa shape index (κ3) is 3.86. The molecule has 4 nitrogen and oxygen atoms in total. The molecule has 1 atom stereocenters. The number of rotatable bonds is 5. The summed E-state index contributed by atoms with van der Waals surface area (Å²) < 4.78 is 6.71. The third-order valence-electron chi connectivity index (χ3n) is 3.95. The summed E-state index contributed by atoms with van der Waals surface area (Å²) in [5.41, 5.74) is 3.62. The van der Waals surface area contributed by atoms with Gasteiger partial charge in [0.15, 0.2) is 0 Å². The maximum Gasteiger partial charge on any atom is 0.267 e. The molecule has 3 rings (SSSR count). The molecule has 5 heteroatoms. The smallest absolute Gasteiger partial charge is 0.267 e. The predicted molar refractivity (Wildman–Crippen MR) is 105 cm³/mol. The second-order valence-corrected chi connectivity index (χ2v) is 6.24. The number of nitrogens with zero attached hydrogens (tertiary/aromatic N) is 2. The highest BCUT2D eigenvalue weighted by molar-refractivity contribution is 7.28. The molecule has 0 fully saturated rings. The molecule has 0 aliphatic carbocycles. The second-order valence-electron chi connectivity index (χ2n) is 5.61. The molecular weight excluding hydrogens is 331 g/mol. The van der Waals surface area contributed by atoms with Gasteiger partial charge in [0, 0.05) is 11.6 Å². The fourth-order valence-corrected chi connectivity index (χ4v) is 2.95. The lowest BCUT2D eigenvalue weighted by molar-refractivity contribution is 0.415. The molecule has 1 heterocycles. The van der Waals surface area contributed by atoms with Gasteiger partial charge in [0.05, 0.1) is 19.3 Å². The molecule has 0 aliphatic rings. The van der Waals surface area contributed by atoms with Gasteiger partial charge in [-0.25, -0.2) is 4.68 Å². The van der Waals surface area contributed by atoms with E-state index in [4.69, 9.17) is 4.74 Å². The average molecular weight is 350 g/mol. The van der Waals surface area contributed by atoms with Crippen molar-refractivity contribution in [3.8, 4) is 17.0 Å². The number of hydrogen-bond acceptors (Lipinski definition) is 3. The summed E-state index contributed by atoms with van der Waals surface area (Å²) in [7, 11) is 4.32. The Kier molecular flexibility index (Phi) is 5.11. The number of methoxy groups -OCH3 is 1. The molecule has 1 unspecified atom stereocenters. The van der Waals surface area contributed by atoms with Crippen LogP contribution in [0.3, 0.4) is 0 Å². The SMILES string of the molecule is C=Cc1ccc(Cn2nc(-c3ccc(OC)cc3P)ccc2=O)cc1. The zero-order valence-corrected chi connectivity index (χ0v) is 15.1. The van der Waals surface area contributed by atoms with Crippen LogP contribution in [0.1, 0.15) is 11.1 Å². The van der Waals surface area contributed by atoms with Gasteiger partial charge in [-0.05, 0) is 40.7 Å². The zero-order valence-electron chi connectivity index (χ0n) is 14.0. The van der Waals surface area contributed by atoms with Gasteiger partial charge < -0.3 is 4.74 Å². The second kappa shape index (κ2) is 7.45. The summed E-state index contributed by atoms with van der Waals surface area (Å²) in [6, 6.07) is 16.9. The van der Waals surface area contributed by atoms with Gasteiger partial charge >= 0.3 is 0 Å². The topological polar surface area (TPSA) is 44.1 Å². The summed E-state index contributed by atoms with van der Waals surface area (Å²) in [5.74, 6) is 0.782. The van der Waals surface area contributed by atoms with Crippen LogP contribution >= 0.6 is 9.24 Å². The molecule has 0 aliphatic heterocycles. The summed E-state index contributed by atoms with van der Waals surface area (Å²) in [6.45, 7) is 4.17. The quantitative estimate of drug-likeness (QED) is 0.664. The Hall–Kier alpha value is -2.71. The first-order valence-electron chi connectivity index (χ1n) is 7.84. The van der Waals surface area contributed by atoms with Crippen molar-refractivity contribution >= 4 is 20.6 Å². The standard InChI is InChI=1S/C20H19N2O2P/c1-3-14-4-6-15(7-5-14)13-22-20(23)11-10-18(21-22)17-9-8-16(24-2)12-19(17)25/h3-12H,1,13,25H2,2H3. The van der Waals surface area contributed by atoms with Crippen molar-refractivity contribution in [1.82, 2.24) is 9.78 Å². The Balaban J connectivity index is 1.95. The van der Waals surface area contributed by atoms with Crippen molar-refractivity contribution in [3.63, 3.8) is 0 Å². The van der Waals surface area contributed by atoms with E-state index in [1.54, 1.807) is 25.3 Å². The van der Waals surface area contributed by atoms with Crippen LogP contribution in [0.5, 0.6) is 5.75 Å². The van der Waals surface area contributed by atoms with Crippen molar-refractivity contribution in [2.45, 2.75) is 6.54 Å². The van der Waals surface area contributed by atoms with E-state index in [0.717, 1.165) is 33.4 Å². The highest BCUT2D eigenvalue weighted by atomic mass is 31.0. The monoisotopic (exact) mass is 350 g/mol. The lowest BCUT2D eigenvalue weighted by Gasteiger charge is -2.10. The van der Waals surface area contributed by atoms with Crippen LogP contribution in [0, 0.1) is 0 Å². The van der Waals surface area contributed by atoms with Gasteiger partial charge in [0.2, 0.25) is 0 Å². The molecule has 2 aromatic carbocycles. The summed E-state index contributed by atoms with van der Waals surface area (Å²) in [6.07, 6.45) is 1.79. The van der Waals surface area contributed by atoms with Crippen molar-refractivity contribution < 1.29 is 4.74 Å². The minimum absolute atomic E-state index is 0.129. The number of benzene rings is 2. The van der Waals surface area contributed by atoms with Gasteiger partial charge in [-0.2, -0.15) is 5.10 Å². The van der Waals surface area contributed by atoms with Crippen LogP contribution in [0.25, 0.3) is 17.3 Å². The minimum Gasteiger partial charge on any atom is -0.497 e. The maximum atomic E-state index is 12.2. The van der Waals surface area contributed by atoms with Crippen LogP contribution < -0.4 is 15.6 Å². The first kappa shape index (κ1) is 17.1. The summed E-state index contributed by atoms with van der Waals surface area (Å²) in [4.78, 5) is 12.2. The molecule has 25 heavy (non-hydrogen) atoms. The van der Waals surface area contributed by atoms with E-state index in [0.29, 0.717) is 6.54 Å². The molecule has 0 radical (unpaired) electrons. The van der Waals surface area contributed by atoms with Crippen LogP contribution in [-0.4, -0.2) is 16.9 Å². The highest BCUT2D eigenvalue weighted by Gasteiger charge is 2.08. The molecule has 0 amide bonds. The Bertz CT molecular complexity index is 962. The average Bonchev–Trinajstić information content (AvgIpc) is 2.64. The van der Waals surface area contributed by atoms with Gasteiger partial charge in [-0.3, -0.25) is 4.79 Å². The van der Waals surface area contributed by atoms with Crippen molar-refractivity contribution in [2.75, 3.05) is 7.11 Å². The Morgan fingerprint density at radius 1 is 1.16 bits per heavy atom. The summed E-state index contributed by atoms with van der Waals surface area (Å²) >= 11 is 0. The lowest BCUT2D eigenvalue weighted by atomic mass is 10.1. The fourth-order valence-electron chi connectivity index (χ4n) is 2.54. The van der Waals surface area contributed by atoms with Crippen molar-refractivity contribution in [1.29, 1.82) is 0 Å². The summed E-state index contributed by atoms with van der Waals surface area (Å²) in [5, 5.41) is 5.49. The van der Waals surface area contributed by atoms with Crippen LogP contribution in [0.4, 0.5) is 0 Å². The number of ether oxygens (including phenoxy) is 1. The molecule has 126 valence electrons. The minimum atomic E-state index is -0.129. The van der Waals surface area contributed by atoms with Gasteiger partial charge in [-0.15, -0.1) is 9.24 Å². The van der Waals surface area contributed by atoms with E-state index in [-0.39, 0.29) is 5.56 Å². The molecule has 0 N–H and O–H groups in total. The van der Waals surface area contributed by atoms with Gasteiger partial charge in [0.1, 0.15) is 5.75 Å². The van der Waals surface area contributed by atoms with E-state index >= 15 is 0 Å². The maximum absolute atomic E-state index is 12.2. The molecule has 1 aromatic heterocycles. The van der Waals surface area contributed by atoms with E-state index in [1.807, 2.05) is 42.5 Å². The predicted octanol–water partition coefficient (Wildman–Crippen LogP) is 3.11. The van der Waals surface area contributed by atoms with E-state index < -0.39 is 0 Å². The molecule has 0 bridgehead atoms. The molecule has 3 aromatic rings. The normalized spacial score (nSPS) is 10.5. The lowest BCUT2D eigenvalue weighted by Crippen LogP contribution is -2.23. The first-order valence-corrected chi connectivity index (χ1v) is 8.42. The van der Waals surface area contributed by atoms with E-state index in [1.165, 1.54) is 4.68 Å². The first-order chi connectivity index (χ1) is 12.1. The number of hydrogen-bond donors (Lipinski definition) is 0. The molecule has 0 saturated heterocycles. The van der Waals surface area contributed by atoms with E-state index in [2.05, 4.69) is 20.9 Å². The number of aromatic nitrogens is 2. The van der Waals surface area contributed by atoms with Crippen LogP contribution in [0.15, 0.2) is 66.0 Å². The zero-order chi connectivity index (χ0) is 17.8. The fraction of sp³-hybridized carbons (Fsp3) is 0.100. The third-order valence-corrected chi connectivity index (χ3v) is 4.43. The Morgan fingerprint density at radius 3 is 2.56 bits per heavy atom. The Labute approximate surface area is 149 Å². The van der Waals surface area contributed by atoms with Crippen LogP contribution in [0.2, 0.25) is 0 Å². The Morgan fingerprint density at radius 2 is 1.92 bits per heavy atom. The van der Waals surface area contributed by atoms with Gasteiger partial charge in [-0.1, -0.05) is 36.9 Å². The molecular formula is C20H19N2O2P. The largest absolute Gasteiger partial charge is 0.497 e. The van der Waals surface area contributed by atoms with Crippen molar-refractivity contribution in [3.05, 3.63) is 82.7 Å². The van der Waals surface area contributed by atoms with E-state index in [9.17, 15) is 4.79 Å². The highest BCUT2D eigenvalue weighted by Crippen LogP contribution is 2.20. The van der Waals surface area contributed by atoms with Crippen LogP contribution in [-0.2, 0) is 6.54 Å². The molecule has 0 saturated carbocycles. The van der Waals surface area contributed by atoms with Crippen molar-refractivity contribution in [2.24, 2.45) is 0 Å². The van der Waals surface area contributed by atoms with Gasteiger partial charge in [0.25, 0.3) is 5.56 Å². The molecule has 0 spiro atoms.